The zero-order valence-electron chi connectivity index (χ0n) is 18.4. The number of aromatic amines is 1. The van der Waals surface area contributed by atoms with Gasteiger partial charge < -0.3 is 15.2 Å². The highest BCUT2D eigenvalue weighted by atomic mass is 35.5. The second-order valence-corrected chi connectivity index (χ2v) is 7.77. The summed E-state index contributed by atoms with van der Waals surface area (Å²) in [4.78, 5) is 12.3. The lowest BCUT2D eigenvalue weighted by Gasteiger charge is -2.17. The van der Waals surface area contributed by atoms with E-state index in [2.05, 4.69) is 43.1 Å². The molecule has 1 heterocycles. The Labute approximate surface area is 206 Å². The number of aromatic nitrogens is 4. The van der Waals surface area contributed by atoms with E-state index < -0.39 is 12.1 Å². The standard InChI is InChI=1S/C25H21ClN6O3/c26-20-13-21(15-22(14-20)28-25(34)35-16-17-5-2-1-3-6-17)27-23(7-4-12-33)18-8-10-19(11-9-18)24-29-31-32-30-24/h1-3,5-6,8-11,13-15,23,27,33H,12,16H2,(H,28,34)(H,29,30,31,32)/t23-/m1/s1. The number of nitrogens with one attached hydrogen (secondary N) is 3. The molecular weight excluding hydrogens is 468 g/mol. The summed E-state index contributed by atoms with van der Waals surface area (Å²) in [6.07, 6.45) is -0.601. The van der Waals surface area contributed by atoms with Gasteiger partial charge in [0.05, 0.1) is 0 Å². The first kappa shape index (κ1) is 23.8. The van der Waals surface area contributed by atoms with Crippen LogP contribution in [0.25, 0.3) is 11.4 Å². The lowest BCUT2D eigenvalue weighted by molar-refractivity contribution is 0.155. The Morgan fingerprint density at radius 1 is 1.09 bits per heavy atom. The summed E-state index contributed by atoms with van der Waals surface area (Å²) >= 11 is 6.29. The van der Waals surface area contributed by atoms with Gasteiger partial charge in [-0.25, -0.2) is 4.79 Å². The Morgan fingerprint density at radius 3 is 2.57 bits per heavy atom. The van der Waals surface area contributed by atoms with Crippen LogP contribution in [-0.4, -0.2) is 38.4 Å². The third-order valence-corrected chi connectivity index (χ3v) is 5.06. The maximum atomic E-state index is 12.3. The number of rotatable bonds is 7. The first-order chi connectivity index (χ1) is 17.1. The fourth-order valence-electron chi connectivity index (χ4n) is 3.25. The molecule has 176 valence electrons. The van der Waals surface area contributed by atoms with Crippen LogP contribution in [0, 0.1) is 11.8 Å². The van der Waals surface area contributed by atoms with Gasteiger partial charge in [0.15, 0.2) is 0 Å². The van der Waals surface area contributed by atoms with E-state index >= 15 is 0 Å². The average molecular weight is 489 g/mol. The van der Waals surface area contributed by atoms with Gasteiger partial charge in [0.1, 0.15) is 19.3 Å². The minimum absolute atomic E-state index is 0.150. The molecule has 0 aliphatic rings. The lowest BCUT2D eigenvalue weighted by Crippen LogP contribution is -2.14. The maximum Gasteiger partial charge on any atom is 0.411 e. The third-order valence-electron chi connectivity index (χ3n) is 4.84. The van der Waals surface area contributed by atoms with Crippen LogP contribution in [0.15, 0.2) is 72.8 Å². The molecule has 0 radical (unpaired) electrons. The van der Waals surface area contributed by atoms with Gasteiger partial charge in [0.2, 0.25) is 5.82 Å². The van der Waals surface area contributed by atoms with Crippen molar-refractivity contribution in [2.75, 3.05) is 17.2 Å². The SMILES string of the molecule is O=C(Nc1cc(Cl)cc(N[C@H](C#CCO)c2ccc(-c3nn[nH]n3)cc2)c1)OCc1ccccc1. The van der Waals surface area contributed by atoms with Gasteiger partial charge in [0, 0.05) is 22.0 Å². The van der Waals surface area contributed by atoms with Crippen LogP contribution in [0.5, 0.6) is 0 Å². The van der Waals surface area contributed by atoms with Crippen LogP contribution < -0.4 is 10.6 Å². The van der Waals surface area contributed by atoms with E-state index in [-0.39, 0.29) is 13.2 Å². The van der Waals surface area contributed by atoms with Gasteiger partial charge in [-0.15, -0.1) is 10.2 Å². The van der Waals surface area contributed by atoms with Crippen LogP contribution >= 0.6 is 11.6 Å². The molecule has 10 heteroatoms. The smallest absolute Gasteiger partial charge is 0.411 e. The van der Waals surface area contributed by atoms with E-state index in [1.54, 1.807) is 18.2 Å². The summed E-state index contributed by atoms with van der Waals surface area (Å²) in [5.74, 6) is 6.15. The third kappa shape index (κ3) is 6.80. The first-order valence-corrected chi connectivity index (χ1v) is 11.0. The van der Waals surface area contributed by atoms with Crippen molar-refractivity contribution in [1.82, 2.24) is 20.6 Å². The number of halogens is 1. The zero-order chi connectivity index (χ0) is 24.5. The molecule has 4 aromatic rings. The number of hydrogen-bond acceptors (Lipinski definition) is 7. The van der Waals surface area contributed by atoms with Crippen molar-refractivity contribution in [3.63, 3.8) is 0 Å². The van der Waals surface area contributed by atoms with Crippen LogP contribution in [0.3, 0.4) is 0 Å². The number of H-pyrrole nitrogens is 1. The molecule has 0 aliphatic carbocycles. The van der Waals surface area contributed by atoms with E-state index in [1.807, 2.05) is 54.6 Å². The van der Waals surface area contributed by atoms with Crippen molar-refractivity contribution in [3.05, 3.63) is 88.9 Å². The summed E-state index contributed by atoms with van der Waals surface area (Å²) in [5.41, 5.74) is 3.59. The van der Waals surface area contributed by atoms with Gasteiger partial charge >= 0.3 is 6.09 Å². The minimum Gasteiger partial charge on any atom is -0.444 e. The summed E-state index contributed by atoms with van der Waals surface area (Å²) in [6, 6.07) is 21.4. The number of ether oxygens (including phenoxy) is 1. The highest BCUT2D eigenvalue weighted by molar-refractivity contribution is 6.31. The number of hydrogen-bond donors (Lipinski definition) is 4. The number of anilines is 2. The molecule has 0 unspecified atom stereocenters. The Balaban J connectivity index is 1.47. The molecular formula is C25H21ClN6O3. The normalized spacial score (nSPS) is 11.1. The highest BCUT2D eigenvalue weighted by Crippen LogP contribution is 2.27. The molecule has 3 aromatic carbocycles. The summed E-state index contributed by atoms with van der Waals surface area (Å²) in [5, 5.41) is 29.5. The number of carbonyl (C=O) groups is 1. The molecule has 0 aliphatic heterocycles. The summed E-state index contributed by atoms with van der Waals surface area (Å²) in [7, 11) is 0. The predicted molar refractivity (Wildman–Crippen MR) is 133 cm³/mol. The van der Waals surface area contributed by atoms with E-state index in [4.69, 9.17) is 16.3 Å². The van der Waals surface area contributed by atoms with E-state index in [0.29, 0.717) is 22.2 Å². The van der Waals surface area contributed by atoms with Gasteiger partial charge in [-0.1, -0.05) is 78.0 Å². The number of aliphatic hydroxyl groups excluding tert-OH is 1. The van der Waals surface area contributed by atoms with Crippen molar-refractivity contribution in [3.8, 4) is 23.2 Å². The average Bonchev–Trinajstić information content (AvgIpc) is 3.41. The number of aliphatic hydroxyl groups is 1. The van der Waals surface area contributed by atoms with Gasteiger partial charge in [0.25, 0.3) is 0 Å². The maximum absolute atomic E-state index is 12.3. The second kappa shape index (κ2) is 11.7. The Morgan fingerprint density at radius 2 is 1.86 bits per heavy atom. The number of tetrazole rings is 1. The summed E-state index contributed by atoms with van der Waals surface area (Å²) < 4.78 is 5.28. The van der Waals surface area contributed by atoms with E-state index in [9.17, 15) is 9.90 Å². The fraction of sp³-hybridized carbons (Fsp3) is 0.120. The Kier molecular flexibility index (Phi) is 7.91. The topological polar surface area (TPSA) is 125 Å². The lowest BCUT2D eigenvalue weighted by atomic mass is 10.0. The predicted octanol–water partition coefficient (Wildman–Crippen LogP) is 4.42. The Hall–Kier alpha value is -4.39. The zero-order valence-corrected chi connectivity index (χ0v) is 19.2. The monoisotopic (exact) mass is 488 g/mol. The molecule has 4 N–H and O–H groups in total. The first-order valence-electron chi connectivity index (χ1n) is 10.6. The molecule has 9 nitrogen and oxygen atoms in total. The van der Waals surface area contributed by atoms with Crippen molar-refractivity contribution in [2.24, 2.45) is 0 Å². The number of carbonyl (C=O) groups excluding carboxylic acids is 1. The van der Waals surface area contributed by atoms with Crippen molar-refractivity contribution < 1.29 is 14.6 Å². The number of benzene rings is 3. The highest BCUT2D eigenvalue weighted by Gasteiger charge is 2.12. The van der Waals surface area contributed by atoms with Crippen LogP contribution in [0.1, 0.15) is 17.2 Å². The molecule has 0 fully saturated rings. The second-order valence-electron chi connectivity index (χ2n) is 7.33. The quantitative estimate of drug-likeness (QED) is 0.284. The van der Waals surface area contributed by atoms with E-state index in [0.717, 1.165) is 16.7 Å². The Bertz CT molecular complexity index is 1320. The molecule has 1 aromatic heterocycles. The van der Waals surface area contributed by atoms with Crippen molar-refractivity contribution in [1.29, 1.82) is 0 Å². The van der Waals surface area contributed by atoms with E-state index in [1.165, 1.54) is 0 Å². The minimum atomic E-state index is -0.601. The molecule has 0 bridgehead atoms. The van der Waals surface area contributed by atoms with Crippen molar-refractivity contribution >= 4 is 29.1 Å². The molecule has 4 rings (SSSR count). The summed E-state index contributed by atoms with van der Waals surface area (Å²) in [6.45, 7) is -0.133. The molecule has 0 saturated carbocycles. The fourth-order valence-corrected chi connectivity index (χ4v) is 3.48. The molecule has 0 spiro atoms. The number of amides is 1. The molecule has 1 amide bonds. The largest absolute Gasteiger partial charge is 0.444 e. The van der Waals surface area contributed by atoms with Gasteiger partial charge in [-0.3, -0.25) is 5.32 Å². The molecule has 35 heavy (non-hydrogen) atoms. The van der Waals surface area contributed by atoms with Crippen molar-refractivity contribution in [2.45, 2.75) is 12.6 Å². The molecule has 1 atom stereocenters. The van der Waals surface area contributed by atoms with Crippen LogP contribution in [-0.2, 0) is 11.3 Å². The van der Waals surface area contributed by atoms with Crippen LogP contribution in [0.4, 0.5) is 16.2 Å². The van der Waals surface area contributed by atoms with Crippen LogP contribution in [0.2, 0.25) is 5.02 Å². The van der Waals surface area contributed by atoms with Gasteiger partial charge in [-0.05, 0) is 34.5 Å². The molecule has 0 saturated heterocycles. The van der Waals surface area contributed by atoms with Gasteiger partial charge in [-0.2, -0.15) is 5.21 Å². The number of nitrogens with zero attached hydrogens (tertiary/aromatic N) is 3.